The normalized spacial score (nSPS) is 11.6. The number of amides is 2. The van der Waals surface area contributed by atoms with E-state index >= 15 is 0 Å². The Labute approximate surface area is 166 Å². The fraction of sp³-hybridized carbons (Fsp3) is 0.250. The molecule has 0 saturated carbocycles. The Bertz CT molecular complexity index is 1020. The molecule has 0 aliphatic heterocycles. The van der Waals surface area contributed by atoms with Gasteiger partial charge in [0.15, 0.2) is 10.6 Å². The molecule has 0 unspecified atom stereocenters. The molecule has 0 atom stereocenters. The van der Waals surface area contributed by atoms with Gasteiger partial charge in [0.2, 0.25) is 0 Å². The molecule has 1 aromatic carbocycles. The van der Waals surface area contributed by atoms with Gasteiger partial charge in [0.05, 0.1) is 12.9 Å². The molecule has 2 heterocycles. The van der Waals surface area contributed by atoms with Gasteiger partial charge in [-0.15, -0.1) is 11.3 Å². The standard InChI is InChI=1S/C20H21N3O4S/c1-14-12-23(20(28-14)22-19(25)17-7-4-9-27-17)13-15-5-3-6-16(11-15)18(24)21-8-10-26-2/h3-7,9,11-12H,8,10,13H2,1-2H3,(H,21,24). The van der Waals surface area contributed by atoms with E-state index in [1.54, 1.807) is 25.3 Å². The largest absolute Gasteiger partial charge is 0.459 e. The van der Waals surface area contributed by atoms with Crippen LogP contribution in [0.4, 0.5) is 0 Å². The monoisotopic (exact) mass is 399 g/mol. The predicted molar refractivity (Wildman–Crippen MR) is 105 cm³/mol. The van der Waals surface area contributed by atoms with Crippen molar-refractivity contribution in [1.29, 1.82) is 0 Å². The van der Waals surface area contributed by atoms with Gasteiger partial charge in [-0.3, -0.25) is 9.59 Å². The molecule has 0 radical (unpaired) electrons. The van der Waals surface area contributed by atoms with E-state index in [-0.39, 0.29) is 11.7 Å². The first-order valence-electron chi connectivity index (χ1n) is 8.72. The lowest BCUT2D eigenvalue weighted by atomic mass is 10.1. The van der Waals surface area contributed by atoms with E-state index in [0.29, 0.717) is 30.1 Å². The van der Waals surface area contributed by atoms with Crippen LogP contribution < -0.4 is 10.1 Å². The highest BCUT2D eigenvalue weighted by Crippen LogP contribution is 2.10. The smallest absolute Gasteiger partial charge is 0.315 e. The van der Waals surface area contributed by atoms with Crippen molar-refractivity contribution in [3.63, 3.8) is 0 Å². The van der Waals surface area contributed by atoms with Crippen LogP contribution in [0, 0.1) is 6.92 Å². The van der Waals surface area contributed by atoms with Crippen LogP contribution in [0.25, 0.3) is 0 Å². The van der Waals surface area contributed by atoms with E-state index in [1.807, 2.05) is 35.9 Å². The number of nitrogens with zero attached hydrogens (tertiary/aromatic N) is 2. The van der Waals surface area contributed by atoms with Crippen LogP contribution in [0.15, 0.2) is 58.3 Å². The zero-order valence-electron chi connectivity index (χ0n) is 15.7. The van der Waals surface area contributed by atoms with Crippen LogP contribution in [0.5, 0.6) is 0 Å². The van der Waals surface area contributed by atoms with Gasteiger partial charge in [0, 0.05) is 36.8 Å². The summed E-state index contributed by atoms with van der Waals surface area (Å²) in [4.78, 5) is 30.2. The molecule has 146 valence electrons. The van der Waals surface area contributed by atoms with Crippen molar-refractivity contribution in [3.05, 3.63) is 75.4 Å². The minimum absolute atomic E-state index is 0.150. The zero-order valence-corrected chi connectivity index (χ0v) is 16.5. The number of benzene rings is 1. The summed E-state index contributed by atoms with van der Waals surface area (Å²) >= 11 is 1.42. The molecule has 1 N–H and O–H groups in total. The molecule has 0 spiro atoms. The summed E-state index contributed by atoms with van der Waals surface area (Å²) in [6.07, 6.45) is 3.38. The van der Waals surface area contributed by atoms with Crippen LogP contribution in [0.1, 0.15) is 31.4 Å². The number of methoxy groups -OCH3 is 1. The minimum Gasteiger partial charge on any atom is -0.459 e. The average molecular weight is 399 g/mol. The Balaban J connectivity index is 1.80. The second-order valence-corrected chi connectivity index (χ2v) is 7.31. The van der Waals surface area contributed by atoms with Gasteiger partial charge in [-0.05, 0) is 36.8 Å². The fourth-order valence-corrected chi connectivity index (χ4v) is 3.45. The number of hydrogen-bond acceptors (Lipinski definition) is 5. The summed E-state index contributed by atoms with van der Waals surface area (Å²) in [5.41, 5.74) is 1.51. The van der Waals surface area contributed by atoms with Crippen molar-refractivity contribution in [3.8, 4) is 0 Å². The second-order valence-electron chi connectivity index (χ2n) is 6.10. The fourth-order valence-electron chi connectivity index (χ4n) is 2.62. The lowest BCUT2D eigenvalue weighted by Crippen LogP contribution is -2.27. The summed E-state index contributed by atoms with van der Waals surface area (Å²) < 4.78 is 11.9. The van der Waals surface area contributed by atoms with Crippen molar-refractivity contribution < 1.29 is 18.7 Å². The zero-order chi connectivity index (χ0) is 19.9. The van der Waals surface area contributed by atoms with Gasteiger partial charge in [-0.2, -0.15) is 4.99 Å². The topological polar surface area (TPSA) is 85.8 Å². The maximum absolute atomic E-state index is 12.2. The predicted octanol–water partition coefficient (Wildman–Crippen LogP) is 2.62. The van der Waals surface area contributed by atoms with Gasteiger partial charge in [0.1, 0.15) is 0 Å². The summed E-state index contributed by atoms with van der Waals surface area (Å²) in [7, 11) is 1.59. The van der Waals surface area contributed by atoms with Crippen molar-refractivity contribution in [2.24, 2.45) is 4.99 Å². The summed E-state index contributed by atoms with van der Waals surface area (Å²) in [6, 6.07) is 10.6. The van der Waals surface area contributed by atoms with Crippen molar-refractivity contribution in [2.45, 2.75) is 13.5 Å². The van der Waals surface area contributed by atoms with Gasteiger partial charge >= 0.3 is 5.91 Å². The Morgan fingerprint density at radius 2 is 2.14 bits per heavy atom. The third-order valence-electron chi connectivity index (χ3n) is 3.90. The molecule has 3 rings (SSSR count). The van der Waals surface area contributed by atoms with Crippen molar-refractivity contribution >= 4 is 23.2 Å². The van der Waals surface area contributed by atoms with Gasteiger partial charge in [-0.1, -0.05) is 12.1 Å². The Morgan fingerprint density at radius 3 is 2.89 bits per heavy atom. The maximum atomic E-state index is 12.2. The molecule has 0 bridgehead atoms. The lowest BCUT2D eigenvalue weighted by Gasteiger charge is -2.07. The number of ether oxygens (including phenoxy) is 1. The third-order valence-corrected chi connectivity index (χ3v) is 4.83. The summed E-state index contributed by atoms with van der Waals surface area (Å²) in [6.45, 7) is 3.37. The molecule has 0 aliphatic rings. The SMILES string of the molecule is COCCNC(=O)c1cccc(Cn2cc(C)sc2=NC(=O)c2ccco2)c1. The Kier molecular flexibility index (Phi) is 6.57. The van der Waals surface area contributed by atoms with E-state index in [0.717, 1.165) is 10.4 Å². The molecule has 0 aliphatic carbocycles. The number of aryl methyl sites for hydroxylation is 1. The molecular weight excluding hydrogens is 378 g/mol. The molecule has 28 heavy (non-hydrogen) atoms. The number of furan rings is 1. The van der Waals surface area contributed by atoms with Crippen LogP contribution in [0.3, 0.4) is 0 Å². The molecule has 2 amide bonds. The molecular formula is C20H21N3O4S. The lowest BCUT2D eigenvalue weighted by molar-refractivity contribution is 0.0935. The highest BCUT2D eigenvalue weighted by Gasteiger charge is 2.10. The molecule has 0 fully saturated rings. The number of nitrogens with one attached hydrogen (secondary N) is 1. The van der Waals surface area contributed by atoms with Gasteiger partial charge in [-0.25, -0.2) is 0 Å². The average Bonchev–Trinajstić information content (AvgIpc) is 3.32. The number of carbonyl (C=O) groups excluding carboxylic acids is 2. The van der Waals surface area contributed by atoms with E-state index in [2.05, 4.69) is 10.3 Å². The summed E-state index contributed by atoms with van der Waals surface area (Å²) in [5.74, 6) is -0.373. The number of aromatic nitrogens is 1. The highest BCUT2D eigenvalue weighted by molar-refractivity contribution is 7.09. The van der Waals surface area contributed by atoms with E-state index < -0.39 is 5.91 Å². The maximum Gasteiger partial charge on any atom is 0.315 e. The first-order chi connectivity index (χ1) is 13.6. The second kappa shape index (κ2) is 9.29. The molecule has 7 nitrogen and oxygen atoms in total. The first-order valence-corrected chi connectivity index (χ1v) is 9.54. The highest BCUT2D eigenvalue weighted by atomic mass is 32.1. The van der Waals surface area contributed by atoms with Crippen LogP contribution in [-0.2, 0) is 11.3 Å². The number of thiazole rings is 1. The number of rotatable bonds is 7. The molecule has 8 heteroatoms. The van der Waals surface area contributed by atoms with E-state index in [4.69, 9.17) is 9.15 Å². The third kappa shape index (κ3) is 5.05. The van der Waals surface area contributed by atoms with E-state index in [9.17, 15) is 9.59 Å². The Morgan fingerprint density at radius 1 is 1.29 bits per heavy atom. The van der Waals surface area contributed by atoms with Gasteiger partial charge < -0.3 is 19.0 Å². The Hall–Kier alpha value is -2.97. The van der Waals surface area contributed by atoms with Crippen LogP contribution in [-0.4, -0.2) is 36.6 Å². The first kappa shape index (κ1) is 19.8. The van der Waals surface area contributed by atoms with Crippen LogP contribution >= 0.6 is 11.3 Å². The summed E-state index contributed by atoms with van der Waals surface area (Å²) in [5, 5.41) is 2.81. The molecule has 0 saturated heterocycles. The number of carbonyl (C=O) groups is 2. The van der Waals surface area contributed by atoms with Crippen LogP contribution in [0.2, 0.25) is 0 Å². The quantitative estimate of drug-likeness (QED) is 0.619. The van der Waals surface area contributed by atoms with Crippen molar-refractivity contribution in [1.82, 2.24) is 9.88 Å². The van der Waals surface area contributed by atoms with E-state index in [1.165, 1.54) is 17.6 Å². The molecule has 3 aromatic rings. The minimum atomic E-state index is -0.424. The molecule has 2 aromatic heterocycles. The van der Waals surface area contributed by atoms with Gasteiger partial charge in [0.25, 0.3) is 5.91 Å². The van der Waals surface area contributed by atoms with Crippen molar-refractivity contribution in [2.75, 3.05) is 20.3 Å². The number of hydrogen-bond donors (Lipinski definition) is 1.